The summed E-state index contributed by atoms with van der Waals surface area (Å²) in [5, 5.41) is -0.111. The molecule has 7 nitrogen and oxygen atoms in total. The van der Waals surface area contributed by atoms with Crippen LogP contribution >= 0.6 is 0 Å². The Labute approximate surface area is 119 Å². The van der Waals surface area contributed by atoms with Crippen LogP contribution < -0.4 is 5.73 Å². The van der Waals surface area contributed by atoms with Gasteiger partial charge in [-0.2, -0.15) is 0 Å². The maximum Gasteiger partial charge on any atom is 0.275 e. The largest absolute Gasteiger partial charge is 0.447 e. The van der Waals surface area contributed by atoms with Crippen LogP contribution in [-0.4, -0.2) is 50.2 Å². The smallest absolute Gasteiger partial charge is 0.275 e. The van der Waals surface area contributed by atoms with Gasteiger partial charge in [-0.05, 0) is 26.0 Å². The van der Waals surface area contributed by atoms with Crippen LogP contribution in [0.25, 0.3) is 0 Å². The van der Waals surface area contributed by atoms with Crippen molar-refractivity contribution < 1.29 is 17.6 Å². The van der Waals surface area contributed by atoms with E-state index in [1.54, 1.807) is 11.0 Å². The molecule has 1 amide bonds. The van der Waals surface area contributed by atoms with Crippen molar-refractivity contribution in [2.24, 2.45) is 5.73 Å². The fourth-order valence-electron chi connectivity index (χ4n) is 1.58. The molecule has 0 unspecified atom stereocenters. The zero-order valence-corrected chi connectivity index (χ0v) is 13.0. The quantitative estimate of drug-likeness (QED) is 0.777. The third-order valence-corrected chi connectivity index (χ3v) is 4.51. The third-order valence-electron chi connectivity index (χ3n) is 2.82. The van der Waals surface area contributed by atoms with Crippen molar-refractivity contribution in [1.29, 1.82) is 0 Å². The lowest BCUT2D eigenvalue weighted by Crippen LogP contribution is -2.37. The fourth-order valence-corrected chi connectivity index (χ4v) is 2.40. The van der Waals surface area contributed by atoms with Crippen LogP contribution in [0.1, 0.15) is 19.6 Å². The van der Waals surface area contributed by atoms with Gasteiger partial charge in [0.1, 0.15) is 5.76 Å². The molecule has 0 aromatic carbocycles. The molecule has 114 valence electrons. The summed E-state index contributed by atoms with van der Waals surface area (Å²) < 4.78 is 30.2. The summed E-state index contributed by atoms with van der Waals surface area (Å²) in [7, 11) is -0.708. The van der Waals surface area contributed by atoms with Gasteiger partial charge in [0.15, 0.2) is 0 Å². The Balaban J connectivity index is 2.89. The average molecular weight is 303 g/mol. The second-order valence-corrected chi connectivity index (χ2v) is 7.06. The number of hydrogen-bond donors (Lipinski definition) is 1. The Morgan fingerprint density at radius 2 is 1.95 bits per heavy atom. The zero-order valence-electron chi connectivity index (χ0n) is 12.2. The summed E-state index contributed by atoms with van der Waals surface area (Å²) in [4.78, 5) is 12.8. The molecule has 0 saturated heterocycles. The molecular weight excluding hydrogens is 282 g/mol. The van der Waals surface area contributed by atoms with Gasteiger partial charge in [-0.25, -0.2) is 12.7 Å². The molecule has 8 heteroatoms. The molecule has 20 heavy (non-hydrogen) atoms. The summed E-state index contributed by atoms with van der Waals surface area (Å²) in [6.07, 6.45) is 0. The number of nitrogens with two attached hydrogens (primary N) is 1. The first-order chi connectivity index (χ1) is 9.14. The number of sulfonamides is 1. The number of carbonyl (C=O) groups is 1. The molecule has 1 aromatic heterocycles. The highest BCUT2D eigenvalue weighted by Gasteiger charge is 2.22. The van der Waals surface area contributed by atoms with Crippen molar-refractivity contribution in [3.63, 3.8) is 0 Å². The topological polar surface area (TPSA) is 96.8 Å². The lowest BCUT2D eigenvalue weighted by Gasteiger charge is -2.23. The van der Waals surface area contributed by atoms with Crippen molar-refractivity contribution in [3.8, 4) is 0 Å². The van der Waals surface area contributed by atoms with Crippen LogP contribution in [0.2, 0.25) is 0 Å². The van der Waals surface area contributed by atoms with E-state index in [0.29, 0.717) is 12.3 Å². The predicted molar refractivity (Wildman–Crippen MR) is 74.3 cm³/mol. The third kappa shape index (κ3) is 4.06. The molecule has 1 aromatic rings. The predicted octanol–water partition coefficient (Wildman–Crippen LogP) is 0.226. The van der Waals surface area contributed by atoms with Crippen LogP contribution in [0, 0.1) is 0 Å². The summed E-state index contributed by atoms with van der Waals surface area (Å²) in [6, 6.07) is 3.08. The number of rotatable bonds is 7. The van der Waals surface area contributed by atoms with E-state index in [1.807, 2.05) is 13.8 Å². The minimum atomic E-state index is -3.58. The number of primary amides is 1. The van der Waals surface area contributed by atoms with E-state index < -0.39 is 15.9 Å². The van der Waals surface area contributed by atoms with Crippen LogP contribution in [0.4, 0.5) is 0 Å². The van der Waals surface area contributed by atoms with Gasteiger partial charge in [-0.1, -0.05) is 0 Å². The summed E-state index contributed by atoms with van der Waals surface area (Å²) >= 11 is 0. The highest BCUT2D eigenvalue weighted by molar-refractivity contribution is 7.88. The molecule has 0 bridgehead atoms. The molecule has 0 radical (unpaired) electrons. The van der Waals surface area contributed by atoms with E-state index in [-0.39, 0.29) is 17.7 Å². The first kappa shape index (κ1) is 16.7. The van der Waals surface area contributed by atoms with Crippen molar-refractivity contribution in [2.45, 2.75) is 31.5 Å². The molecule has 1 heterocycles. The van der Waals surface area contributed by atoms with E-state index in [9.17, 15) is 13.2 Å². The molecule has 0 aliphatic carbocycles. The number of amides is 1. The Bertz CT molecular complexity index is 563. The molecule has 0 aliphatic heterocycles. The van der Waals surface area contributed by atoms with Gasteiger partial charge >= 0.3 is 0 Å². The van der Waals surface area contributed by atoms with Crippen molar-refractivity contribution in [1.82, 2.24) is 9.21 Å². The molecule has 0 atom stereocenters. The molecular formula is C12H21N3O4S. The number of furan rings is 1. The van der Waals surface area contributed by atoms with Crippen molar-refractivity contribution in [3.05, 3.63) is 17.9 Å². The Hall–Kier alpha value is -1.38. The first-order valence-electron chi connectivity index (χ1n) is 6.18. The van der Waals surface area contributed by atoms with Gasteiger partial charge in [-0.15, -0.1) is 0 Å². The Kier molecular flexibility index (Phi) is 5.32. The van der Waals surface area contributed by atoms with E-state index in [4.69, 9.17) is 10.2 Å². The van der Waals surface area contributed by atoms with Gasteiger partial charge in [0.2, 0.25) is 11.0 Å². The highest BCUT2D eigenvalue weighted by Crippen LogP contribution is 2.18. The van der Waals surface area contributed by atoms with Crippen molar-refractivity contribution >= 4 is 15.9 Å². The molecule has 0 fully saturated rings. The zero-order chi connectivity index (χ0) is 15.5. The van der Waals surface area contributed by atoms with Gasteiger partial charge in [-0.3, -0.25) is 9.69 Å². The fraction of sp³-hybridized carbons (Fsp3) is 0.583. The van der Waals surface area contributed by atoms with E-state index in [2.05, 4.69) is 0 Å². The van der Waals surface area contributed by atoms with Crippen LogP contribution in [0.3, 0.4) is 0 Å². The van der Waals surface area contributed by atoms with Crippen molar-refractivity contribution in [2.75, 3.05) is 20.6 Å². The summed E-state index contributed by atoms with van der Waals surface area (Å²) in [5.41, 5.74) is 5.19. The maximum atomic E-state index is 11.9. The Morgan fingerprint density at radius 3 is 2.40 bits per heavy atom. The monoisotopic (exact) mass is 303 g/mol. The Morgan fingerprint density at radius 1 is 1.35 bits per heavy atom. The SMILES string of the molecule is CC(C)N(CC(N)=O)Cc1ccc(S(=O)(=O)N(C)C)o1. The van der Waals surface area contributed by atoms with Crippen LogP contribution in [0.5, 0.6) is 0 Å². The van der Waals surface area contributed by atoms with E-state index in [1.165, 1.54) is 20.2 Å². The minimum absolute atomic E-state index is 0.0847. The number of nitrogens with zero attached hydrogens (tertiary/aromatic N) is 2. The molecule has 0 spiro atoms. The number of carbonyl (C=O) groups excluding carboxylic acids is 1. The molecule has 0 saturated carbocycles. The highest BCUT2D eigenvalue weighted by atomic mass is 32.2. The van der Waals surface area contributed by atoms with Gasteiger partial charge in [0.25, 0.3) is 10.0 Å². The van der Waals surface area contributed by atoms with Crippen LogP contribution in [0.15, 0.2) is 21.6 Å². The normalized spacial score (nSPS) is 12.6. The first-order valence-corrected chi connectivity index (χ1v) is 7.62. The van der Waals surface area contributed by atoms with Gasteiger partial charge in [0, 0.05) is 20.1 Å². The number of hydrogen-bond acceptors (Lipinski definition) is 5. The maximum absolute atomic E-state index is 11.9. The lowest BCUT2D eigenvalue weighted by atomic mass is 10.3. The van der Waals surface area contributed by atoms with E-state index >= 15 is 0 Å². The molecule has 2 N–H and O–H groups in total. The average Bonchev–Trinajstić information content (AvgIpc) is 2.76. The van der Waals surface area contributed by atoms with Gasteiger partial charge < -0.3 is 10.2 Å². The lowest BCUT2D eigenvalue weighted by molar-refractivity contribution is -0.119. The molecule has 1 rings (SSSR count). The van der Waals surface area contributed by atoms with Crippen LogP contribution in [-0.2, 0) is 21.4 Å². The van der Waals surface area contributed by atoms with Gasteiger partial charge in [0.05, 0.1) is 13.1 Å². The summed E-state index contributed by atoms with van der Waals surface area (Å²) in [6.45, 7) is 4.25. The summed E-state index contributed by atoms with van der Waals surface area (Å²) in [5.74, 6) is 0.0340. The minimum Gasteiger partial charge on any atom is -0.447 e. The van der Waals surface area contributed by atoms with E-state index in [0.717, 1.165) is 4.31 Å². The second-order valence-electron chi connectivity index (χ2n) is 4.97. The molecule has 0 aliphatic rings. The standard InChI is InChI=1S/C12H21N3O4S/c1-9(2)15(8-11(13)16)7-10-5-6-12(19-10)20(17,18)14(3)4/h5-6,9H,7-8H2,1-4H3,(H2,13,16). The second kappa shape index (κ2) is 6.38.